The highest BCUT2D eigenvalue weighted by atomic mass is 32.2. The zero-order valence-corrected chi connectivity index (χ0v) is 11.4. The molecular formula is C10H17N3O2S2. The molecule has 96 valence electrons. The van der Waals surface area contributed by atoms with Crippen molar-refractivity contribution < 1.29 is 8.42 Å². The number of sulfonamides is 1. The van der Waals surface area contributed by atoms with Gasteiger partial charge in [0.05, 0.1) is 6.26 Å². The summed E-state index contributed by atoms with van der Waals surface area (Å²) in [7, 11) is -3.05. The summed E-state index contributed by atoms with van der Waals surface area (Å²) in [6.45, 7) is 2.48. The minimum atomic E-state index is -3.05. The number of aromatic nitrogens is 1. The highest BCUT2D eigenvalue weighted by Gasteiger charge is 2.21. The number of nitrogens with one attached hydrogen (secondary N) is 1. The lowest BCUT2D eigenvalue weighted by molar-refractivity contribution is 0.402. The van der Waals surface area contributed by atoms with Crippen LogP contribution in [0.1, 0.15) is 12.8 Å². The van der Waals surface area contributed by atoms with Crippen LogP contribution in [0.15, 0.2) is 11.6 Å². The third-order valence-electron chi connectivity index (χ3n) is 2.94. The van der Waals surface area contributed by atoms with Crippen LogP contribution in [0.3, 0.4) is 0 Å². The minimum absolute atomic E-state index is 0.445. The van der Waals surface area contributed by atoms with Gasteiger partial charge < -0.3 is 4.90 Å². The molecule has 0 aliphatic carbocycles. The zero-order valence-electron chi connectivity index (χ0n) is 9.80. The number of piperidine rings is 1. The predicted octanol–water partition coefficient (Wildman–Crippen LogP) is 0.909. The molecule has 0 amide bonds. The van der Waals surface area contributed by atoms with Gasteiger partial charge in [0, 0.05) is 31.2 Å². The van der Waals surface area contributed by atoms with Gasteiger partial charge in [-0.25, -0.2) is 18.1 Å². The molecule has 0 unspecified atom stereocenters. The quantitative estimate of drug-likeness (QED) is 0.887. The molecule has 0 spiro atoms. The van der Waals surface area contributed by atoms with Crippen LogP contribution in [-0.2, 0) is 10.0 Å². The van der Waals surface area contributed by atoms with E-state index < -0.39 is 10.0 Å². The number of anilines is 1. The van der Waals surface area contributed by atoms with Gasteiger partial charge in [0.15, 0.2) is 5.13 Å². The summed E-state index contributed by atoms with van der Waals surface area (Å²) >= 11 is 1.65. The van der Waals surface area contributed by atoms with Crippen molar-refractivity contribution in [2.24, 2.45) is 5.92 Å². The van der Waals surface area contributed by atoms with Crippen LogP contribution in [0.5, 0.6) is 0 Å². The van der Waals surface area contributed by atoms with Gasteiger partial charge >= 0.3 is 0 Å². The van der Waals surface area contributed by atoms with Crippen molar-refractivity contribution in [3.8, 4) is 0 Å². The maximum absolute atomic E-state index is 11.0. The van der Waals surface area contributed by atoms with Crippen LogP contribution in [0, 0.1) is 5.92 Å². The third-order valence-corrected chi connectivity index (χ3v) is 4.46. The summed E-state index contributed by atoms with van der Waals surface area (Å²) in [6.07, 6.45) is 5.05. The topological polar surface area (TPSA) is 62.3 Å². The monoisotopic (exact) mass is 275 g/mol. The first-order valence-electron chi connectivity index (χ1n) is 5.64. The molecule has 2 rings (SSSR count). The molecule has 7 heteroatoms. The highest BCUT2D eigenvalue weighted by Crippen LogP contribution is 2.24. The molecule has 0 saturated carbocycles. The van der Waals surface area contributed by atoms with E-state index in [-0.39, 0.29) is 0 Å². The zero-order chi connectivity index (χ0) is 12.3. The molecule has 1 aromatic heterocycles. The van der Waals surface area contributed by atoms with E-state index in [2.05, 4.69) is 14.6 Å². The maximum atomic E-state index is 11.0. The molecule has 1 aliphatic rings. The molecule has 5 nitrogen and oxygen atoms in total. The van der Waals surface area contributed by atoms with Crippen molar-refractivity contribution in [2.75, 3.05) is 30.8 Å². The SMILES string of the molecule is CS(=O)(=O)NCC1CCN(c2nccs2)CC1. The van der Waals surface area contributed by atoms with Gasteiger partial charge in [-0.1, -0.05) is 0 Å². The Morgan fingerprint density at radius 3 is 2.76 bits per heavy atom. The molecule has 1 aliphatic heterocycles. The summed E-state index contributed by atoms with van der Waals surface area (Å²) < 4.78 is 24.6. The molecule has 0 aromatic carbocycles. The lowest BCUT2D eigenvalue weighted by Gasteiger charge is -2.31. The van der Waals surface area contributed by atoms with E-state index in [9.17, 15) is 8.42 Å². The summed E-state index contributed by atoms with van der Waals surface area (Å²) in [4.78, 5) is 6.55. The molecule has 0 bridgehead atoms. The second-order valence-corrected chi connectivity index (χ2v) is 7.07. The molecule has 1 fully saturated rings. The van der Waals surface area contributed by atoms with E-state index in [1.165, 1.54) is 6.26 Å². The van der Waals surface area contributed by atoms with E-state index in [0.29, 0.717) is 12.5 Å². The third kappa shape index (κ3) is 3.93. The van der Waals surface area contributed by atoms with Gasteiger partial charge in [0.1, 0.15) is 0 Å². The van der Waals surface area contributed by atoms with E-state index in [1.54, 1.807) is 11.3 Å². The molecule has 0 radical (unpaired) electrons. The van der Waals surface area contributed by atoms with Crippen molar-refractivity contribution in [1.29, 1.82) is 0 Å². The van der Waals surface area contributed by atoms with Crippen LogP contribution in [0.25, 0.3) is 0 Å². The Morgan fingerprint density at radius 1 is 1.53 bits per heavy atom. The van der Waals surface area contributed by atoms with Crippen molar-refractivity contribution in [1.82, 2.24) is 9.71 Å². The number of hydrogen-bond acceptors (Lipinski definition) is 5. The van der Waals surface area contributed by atoms with Crippen molar-refractivity contribution >= 4 is 26.5 Å². The fourth-order valence-corrected chi connectivity index (χ4v) is 3.20. The fraction of sp³-hybridized carbons (Fsp3) is 0.700. The van der Waals surface area contributed by atoms with E-state index >= 15 is 0 Å². The molecule has 1 N–H and O–H groups in total. The van der Waals surface area contributed by atoms with Crippen LogP contribution >= 0.6 is 11.3 Å². The minimum Gasteiger partial charge on any atom is -0.348 e. The van der Waals surface area contributed by atoms with Gasteiger partial charge in [-0.2, -0.15) is 0 Å². The van der Waals surface area contributed by atoms with Crippen LogP contribution in [-0.4, -0.2) is 39.3 Å². The first-order valence-corrected chi connectivity index (χ1v) is 8.41. The second-order valence-electron chi connectivity index (χ2n) is 4.37. The van der Waals surface area contributed by atoms with Crippen LogP contribution < -0.4 is 9.62 Å². The second kappa shape index (κ2) is 5.32. The fourth-order valence-electron chi connectivity index (χ4n) is 1.97. The predicted molar refractivity (Wildman–Crippen MR) is 69.9 cm³/mol. The Kier molecular flexibility index (Phi) is 4.01. The van der Waals surface area contributed by atoms with Crippen LogP contribution in [0.2, 0.25) is 0 Å². The van der Waals surface area contributed by atoms with Crippen molar-refractivity contribution in [3.05, 3.63) is 11.6 Å². The van der Waals surface area contributed by atoms with E-state index in [0.717, 1.165) is 31.1 Å². The van der Waals surface area contributed by atoms with Crippen LogP contribution in [0.4, 0.5) is 5.13 Å². The molecule has 2 heterocycles. The summed E-state index contributed by atoms with van der Waals surface area (Å²) in [5.41, 5.74) is 0. The lowest BCUT2D eigenvalue weighted by Crippen LogP contribution is -2.38. The summed E-state index contributed by atoms with van der Waals surface area (Å²) in [5, 5.41) is 3.05. The van der Waals surface area contributed by atoms with Gasteiger partial charge in [0.2, 0.25) is 10.0 Å². The molecule has 1 aromatic rings. The number of nitrogens with zero attached hydrogens (tertiary/aromatic N) is 2. The number of thiazole rings is 1. The smallest absolute Gasteiger partial charge is 0.208 e. The Balaban J connectivity index is 1.78. The van der Waals surface area contributed by atoms with Crippen molar-refractivity contribution in [3.63, 3.8) is 0 Å². The average Bonchev–Trinajstić information content (AvgIpc) is 2.79. The van der Waals surface area contributed by atoms with E-state index in [1.807, 2.05) is 11.6 Å². The Bertz CT molecular complexity index is 436. The molecule has 17 heavy (non-hydrogen) atoms. The van der Waals surface area contributed by atoms with Gasteiger partial charge in [-0.3, -0.25) is 0 Å². The maximum Gasteiger partial charge on any atom is 0.208 e. The first kappa shape index (κ1) is 12.8. The van der Waals surface area contributed by atoms with Crippen molar-refractivity contribution in [2.45, 2.75) is 12.8 Å². The summed E-state index contributed by atoms with van der Waals surface area (Å²) in [5.74, 6) is 0.445. The number of hydrogen-bond donors (Lipinski definition) is 1. The Morgan fingerprint density at radius 2 is 2.24 bits per heavy atom. The molecule has 1 saturated heterocycles. The van der Waals surface area contributed by atoms with Gasteiger partial charge in [-0.15, -0.1) is 11.3 Å². The summed E-state index contributed by atoms with van der Waals surface area (Å²) in [6, 6.07) is 0. The standard InChI is InChI=1S/C10H17N3O2S2/c1-17(14,15)12-8-9-2-5-13(6-3-9)10-11-4-7-16-10/h4,7,9,12H,2-3,5-6,8H2,1H3. The Hall–Kier alpha value is -0.660. The van der Waals surface area contributed by atoms with Gasteiger partial charge in [0.25, 0.3) is 0 Å². The normalized spacial score (nSPS) is 18.5. The number of rotatable bonds is 4. The average molecular weight is 275 g/mol. The lowest BCUT2D eigenvalue weighted by atomic mass is 9.97. The molecule has 0 atom stereocenters. The van der Waals surface area contributed by atoms with E-state index in [4.69, 9.17) is 0 Å². The Labute approximate surface area is 106 Å². The van der Waals surface area contributed by atoms with Gasteiger partial charge in [-0.05, 0) is 18.8 Å². The highest BCUT2D eigenvalue weighted by molar-refractivity contribution is 7.88. The molecular weight excluding hydrogens is 258 g/mol. The largest absolute Gasteiger partial charge is 0.348 e. The first-order chi connectivity index (χ1) is 8.04.